The number of hydrogen-bond donors (Lipinski definition) is 1. The van der Waals surface area contributed by atoms with Crippen LogP contribution >= 0.6 is 11.8 Å². The third-order valence-electron chi connectivity index (χ3n) is 3.60. The normalized spacial score (nSPS) is 13.7. The van der Waals surface area contributed by atoms with Crippen molar-refractivity contribution in [2.45, 2.75) is 40.5 Å². The molecule has 1 unspecified atom stereocenters. The number of hydrogen-bond acceptors (Lipinski definition) is 8. The molecule has 0 amide bonds. The summed E-state index contributed by atoms with van der Waals surface area (Å²) in [5.74, 6) is -0.122. The Kier molecular flexibility index (Phi) is 10.8. The average molecular weight is 378 g/mol. The van der Waals surface area contributed by atoms with Crippen molar-refractivity contribution in [3.8, 4) is 0 Å². The minimum absolute atomic E-state index is 0.126. The summed E-state index contributed by atoms with van der Waals surface area (Å²) in [6, 6.07) is 0. The molecule has 25 heavy (non-hydrogen) atoms. The topological polar surface area (TPSA) is 105 Å². The molecule has 8 heteroatoms. The molecule has 0 aromatic carbocycles. The summed E-state index contributed by atoms with van der Waals surface area (Å²) in [4.78, 5) is 35.9. The predicted molar refractivity (Wildman–Crippen MR) is 97.1 cm³/mol. The van der Waals surface area contributed by atoms with Gasteiger partial charge >= 0.3 is 17.9 Å². The van der Waals surface area contributed by atoms with E-state index in [9.17, 15) is 14.4 Å². The lowest BCUT2D eigenvalue weighted by atomic mass is 9.75. The number of thioether (sulfide) groups is 1. The number of ether oxygens (including phenoxy) is 3. The van der Waals surface area contributed by atoms with Crippen molar-refractivity contribution in [2.24, 2.45) is 16.6 Å². The van der Waals surface area contributed by atoms with Gasteiger partial charge in [0.15, 0.2) is 0 Å². The van der Waals surface area contributed by atoms with Gasteiger partial charge < -0.3 is 19.9 Å². The SMILES string of the molecule is CCOC(=O)C(C)(C)CC(C)(CSCCC(=O)OC)C(=O)OCCN. The second-order valence-electron chi connectivity index (χ2n) is 6.65. The molecule has 0 aromatic heterocycles. The van der Waals surface area contributed by atoms with Gasteiger partial charge in [-0.2, -0.15) is 11.8 Å². The van der Waals surface area contributed by atoms with Gasteiger partial charge in [0.1, 0.15) is 6.61 Å². The summed E-state index contributed by atoms with van der Waals surface area (Å²) < 4.78 is 14.9. The Morgan fingerprint density at radius 3 is 2.24 bits per heavy atom. The summed E-state index contributed by atoms with van der Waals surface area (Å²) in [6.07, 6.45) is 0.532. The van der Waals surface area contributed by atoms with E-state index in [1.54, 1.807) is 27.7 Å². The van der Waals surface area contributed by atoms with Gasteiger partial charge in [-0.3, -0.25) is 14.4 Å². The van der Waals surface area contributed by atoms with Gasteiger partial charge in [-0.15, -0.1) is 0 Å². The van der Waals surface area contributed by atoms with Crippen molar-refractivity contribution in [1.82, 2.24) is 0 Å². The maximum atomic E-state index is 12.5. The largest absolute Gasteiger partial charge is 0.469 e. The van der Waals surface area contributed by atoms with Crippen LogP contribution in [0, 0.1) is 10.8 Å². The van der Waals surface area contributed by atoms with Crippen LogP contribution < -0.4 is 5.73 Å². The van der Waals surface area contributed by atoms with E-state index >= 15 is 0 Å². The molecule has 7 nitrogen and oxygen atoms in total. The van der Waals surface area contributed by atoms with Gasteiger partial charge in [0.05, 0.1) is 31.0 Å². The zero-order chi connectivity index (χ0) is 19.5. The second-order valence-corrected chi connectivity index (χ2v) is 7.75. The van der Waals surface area contributed by atoms with E-state index in [0.717, 1.165) is 0 Å². The van der Waals surface area contributed by atoms with Crippen LogP contribution in [-0.4, -0.2) is 56.3 Å². The molecule has 1 atom stereocenters. The molecule has 0 aliphatic rings. The molecule has 0 radical (unpaired) electrons. The van der Waals surface area contributed by atoms with Crippen molar-refractivity contribution in [3.05, 3.63) is 0 Å². The first-order valence-electron chi connectivity index (χ1n) is 8.32. The maximum Gasteiger partial charge on any atom is 0.312 e. The molecule has 2 N–H and O–H groups in total. The fourth-order valence-electron chi connectivity index (χ4n) is 2.44. The van der Waals surface area contributed by atoms with Crippen molar-refractivity contribution in [1.29, 1.82) is 0 Å². The van der Waals surface area contributed by atoms with Crippen molar-refractivity contribution < 1.29 is 28.6 Å². The average Bonchev–Trinajstić information content (AvgIpc) is 2.55. The molecule has 0 aliphatic heterocycles. The van der Waals surface area contributed by atoms with E-state index in [2.05, 4.69) is 4.74 Å². The minimum Gasteiger partial charge on any atom is -0.469 e. The Morgan fingerprint density at radius 2 is 1.72 bits per heavy atom. The first-order valence-corrected chi connectivity index (χ1v) is 9.47. The van der Waals surface area contributed by atoms with E-state index in [1.165, 1.54) is 18.9 Å². The van der Waals surface area contributed by atoms with Gasteiger partial charge in [0.2, 0.25) is 0 Å². The number of nitrogens with two attached hydrogens (primary N) is 1. The summed E-state index contributed by atoms with van der Waals surface area (Å²) >= 11 is 1.45. The van der Waals surface area contributed by atoms with E-state index < -0.39 is 16.8 Å². The van der Waals surface area contributed by atoms with Gasteiger partial charge in [0.25, 0.3) is 0 Å². The highest BCUT2D eigenvalue weighted by atomic mass is 32.2. The van der Waals surface area contributed by atoms with Gasteiger partial charge in [-0.1, -0.05) is 0 Å². The lowest BCUT2D eigenvalue weighted by molar-refractivity contribution is -0.161. The number of methoxy groups -OCH3 is 1. The van der Waals surface area contributed by atoms with Gasteiger partial charge in [0, 0.05) is 18.1 Å². The molecule has 0 aliphatic carbocycles. The molecule has 0 heterocycles. The highest BCUT2D eigenvalue weighted by Gasteiger charge is 2.43. The Morgan fingerprint density at radius 1 is 1.08 bits per heavy atom. The van der Waals surface area contributed by atoms with Crippen LogP contribution in [0.1, 0.15) is 40.5 Å². The molecule has 0 bridgehead atoms. The minimum atomic E-state index is -0.897. The zero-order valence-electron chi connectivity index (χ0n) is 15.9. The quantitative estimate of drug-likeness (QED) is 0.312. The van der Waals surface area contributed by atoms with Crippen LogP contribution in [0.2, 0.25) is 0 Å². The van der Waals surface area contributed by atoms with Crippen LogP contribution in [0.25, 0.3) is 0 Å². The number of carbonyl (C=O) groups is 3. The molecule has 0 saturated heterocycles. The van der Waals surface area contributed by atoms with Gasteiger partial charge in [-0.25, -0.2) is 0 Å². The third kappa shape index (κ3) is 8.58. The highest BCUT2D eigenvalue weighted by Crippen LogP contribution is 2.38. The molecule has 0 spiro atoms. The highest BCUT2D eigenvalue weighted by molar-refractivity contribution is 7.99. The molecule has 0 fully saturated rings. The Bertz CT molecular complexity index is 454. The molecule has 0 rings (SSSR count). The second kappa shape index (κ2) is 11.4. The Labute approximate surface area is 154 Å². The molecule has 146 valence electrons. The maximum absolute atomic E-state index is 12.5. The first kappa shape index (κ1) is 23.7. The smallest absolute Gasteiger partial charge is 0.312 e. The van der Waals surface area contributed by atoms with Crippen molar-refractivity contribution in [3.63, 3.8) is 0 Å². The summed E-state index contributed by atoms with van der Waals surface area (Å²) in [7, 11) is 1.34. The summed E-state index contributed by atoms with van der Waals surface area (Å²) in [6.45, 7) is 7.64. The van der Waals surface area contributed by atoms with E-state index in [-0.39, 0.29) is 44.5 Å². The van der Waals surface area contributed by atoms with Gasteiger partial charge in [-0.05, 0) is 34.1 Å². The van der Waals surface area contributed by atoms with Crippen LogP contribution in [0.3, 0.4) is 0 Å². The molecular formula is C17H31NO6S. The number of esters is 3. The van der Waals surface area contributed by atoms with Crippen LogP contribution in [-0.2, 0) is 28.6 Å². The summed E-state index contributed by atoms with van der Waals surface area (Å²) in [5, 5.41) is 0. The fraction of sp³-hybridized carbons (Fsp3) is 0.824. The standard InChI is InChI=1S/C17H31NO6S/c1-6-23-14(20)16(2,3)11-17(4,15(21)24-9-8-18)12-25-10-7-13(19)22-5/h6-12,18H2,1-5H3. The lowest BCUT2D eigenvalue weighted by Gasteiger charge is -2.34. The third-order valence-corrected chi connectivity index (χ3v) is 4.94. The monoisotopic (exact) mass is 377 g/mol. The van der Waals surface area contributed by atoms with Crippen LogP contribution in [0.15, 0.2) is 0 Å². The molecule has 0 saturated carbocycles. The predicted octanol–water partition coefficient (Wildman–Crippen LogP) is 1.77. The Hall–Kier alpha value is -1.28. The van der Waals surface area contributed by atoms with Crippen molar-refractivity contribution >= 4 is 29.7 Å². The molecular weight excluding hydrogens is 346 g/mol. The fourth-order valence-corrected chi connectivity index (χ4v) is 3.56. The lowest BCUT2D eigenvalue weighted by Crippen LogP contribution is -2.41. The number of rotatable bonds is 12. The van der Waals surface area contributed by atoms with Crippen LogP contribution in [0.5, 0.6) is 0 Å². The van der Waals surface area contributed by atoms with Crippen molar-refractivity contribution in [2.75, 3.05) is 38.4 Å². The van der Waals surface area contributed by atoms with Crippen LogP contribution in [0.4, 0.5) is 0 Å². The van der Waals surface area contributed by atoms with E-state index in [0.29, 0.717) is 11.5 Å². The van der Waals surface area contributed by atoms with E-state index in [4.69, 9.17) is 15.2 Å². The van der Waals surface area contributed by atoms with E-state index in [1.807, 2.05) is 0 Å². The zero-order valence-corrected chi connectivity index (χ0v) is 16.7. The first-order chi connectivity index (χ1) is 11.6. The summed E-state index contributed by atoms with van der Waals surface area (Å²) in [5.41, 5.74) is 3.66. The number of carbonyl (C=O) groups excluding carboxylic acids is 3. The molecule has 0 aromatic rings. The Balaban J connectivity index is 5.02.